The Morgan fingerprint density at radius 1 is 1.02 bits per heavy atom. The van der Waals surface area contributed by atoms with E-state index < -0.39 is 27.6 Å². The molecule has 0 aromatic heterocycles. The van der Waals surface area contributed by atoms with Gasteiger partial charge in [0.15, 0.2) is 11.6 Å². The van der Waals surface area contributed by atoms with Gasteiger partial charge in [0.25, 0.3) is 0 Å². The zero-order chi connectivity index (χ0) is 30.4. The van der Waals surface area contributed by atoms with E-state index in [1.54, 1.807) is 13.0 Å². The first kappa shape index (κ1) is 29.7. The number of nitrogens with zero attached hydrogens (tertiary/aromatic N) is 1. The van der Waals surface area contributed by atoms with Gasteiger partial charge in [-0.1, -0.05) is 46.3 Å². The molecule has 8 atom stereocenters. The highest BCUT2D eigenvalue weighted by molar-refractivity contribution is 6.05. The van der Waals surface area contributed by atoms with Gasteiger partial charge in [0, 0.05) is 18.3 Å². The van der Waals surface area contributed by atoms with Crippen molar-refractivity contribution in [1.29, 1.82) is 5.26 Å². The van der Waals surface area contributed by atoms with Gasteiger partial charge in [0.05, 0.1) is 23.5 Å². The van der Waals surface area contributed by atoms with Gasteiger partial charge < -0.3 is 9.47 Å². The number of rotatable bonds is 3. The van der Waals surface area contributed by atoms with Crippen LogP contribution in [0.1, 0.15) is 93.4 Å². The molecule has 0 saturated heterocycles. The summed E-state index contributed by atoms with van der Waals surface area (Å²) in [7, 11) is 1.46. The van der Waals surface area contributed by atoms with Crippen LogP contribution in [0.5, 0.6) is 0 Å². The van der Waals surface area contributed by atoms with Crippen LogP contribution < -0.4 is 0 Å². The van der Waals surface area contributed by atoms with Crippen LogP contribution >= 0.6 is 0 Å². The summed E-state index contributed by atoms with van der Waals surface area (Å²) in [4.78, 5) is 53.4. The third kappa shape index (κ3) is 3.81. The molecule has 0 amide bonds. The van der Waals surface area contributed by atoms with Crippen LogP contribution in [0, 0.1) is 61.6 Å². The Hall–Kier alpha value is -2.75. The number of hydrogen-bond donors (Lipinski definition) is 0. The minimum atomic E-state index is -1.08. The van der Waals surface area contributed by atoms with Gasteiger partial charge in [-0.05, 0) is 86.0 Å². The number of methoxy groups -OCH3 is 1. The molecule has 3 unspecified atom stereocenters. The van der Waals surface area contributed by atoms with E-state index in [1.165, 1.54) is 14.0 Å². The molecule has 5 aliphatic carbocycles. The standard InChI is InChI=1S/C34H45NO6/c1-20(36)41-19-31(5)24-9-10-32(6)25(30(24,4)16-21(18-35)27(31)38)15-23(37)26-22-17-29(2,3)11-13-34(22,28(39)40-8)14-12-33(26,32)7/h15-16,22,24,26H,9-14,17,19H2,1-8H3/t22?,24?,26?,30-,31-,32+,33+,34-/m0/s1. The third-order valence-corrected chi connectivity index (χ3v) is 12.9. The molecule has 0 bridgehead atoms. The summed E-state index contributed by atoms with van der Waals surface area (Å²) in [6.45, 7) is 14.1. The van der Waals surface area contributed by atoms with Gasteiger partial charge in [-0.25, -0.2) is 0 Å². The third-order valence-electron chi connectivity index (χ3n) is 12.9. The summed E-state index contributed by atoms with van der Waals surface area (Å²) in [6, 6.07) is 2.12. The van der Waals surface area contributed by atoms with Crippen molar-refractivity contribution in [3.63, 3.8) is 0 Å². The van der Waals surface area contributed by atoms with Crippen molar-refractivity contribution in [2.45, 2.75) is 93.4 Å². The molecule has 0 N–H and O–H groups in total. The second-order valence-electron chi connectivity index (χ2n) is 15.4. The number of carbonyl (C=O) groups excluding carboxylic acids is 4. The predicted octanol–water partition coefficient (Wildman–Crippen LogP) is 5.92. The Balaban J connectivity index is 1.68. The number of ether oxygens (including phenoxy) is 2. The first-order valence-corrected chi connectivity index (χ1v) is 15.1. The van der Waals surface area contributed by atoms with Crippen molar-refractivity contribution in [2.75, 3.05) is 13.7 Å². The maximum Gasteiger partial charge on any atom is 0.312 e. The summed E-state index contributed by atoms with van der Waals surface area (Å²) in [6.07, 6.45) is 8.92. The Kier molecular flexibility index (Phi) is 6.62. The number of carbonyl (C=O) groups is 4. The van der Waals surface area contributed by atoms with Crippen molar-refractivity contribution in [1.82, 2.24) is 0 Å². The highest BCUT2D eigenvalue weighted by atomic mass is 16.5. The lowest BCUT2D eigenvalue weighted by atomic mass is 9.34. The number of fused-ring (bicyclic) bond motifs is 7. The number of allylic oxidation sites excluding steroid dienone is 4. The zero-order valence-corrected chi connectivity index (χ0v) is 25.9. The van der Waals surface area contributed by atoms with Crippen molar-refractivity contribution < 1.29 is 28.7 Å². The minimum Gasteiger partial charge on any atom is -0.469 e. The Labute approximate surface area is 244 Å². The molecule has 0 radical (unpaired) electrons. The van der Waals surface area contributed by atoms with Gasteiger partial charge >= 0.3 is 11.9 Å². The van der Waals surface area contributed by atoms with Crippen molar-refractivity contribution in [3.8, 4) is 6.07 Å². The van der Waals surface area contributed by atoms with Crippen LogP contribution in [0.3, 0.4) is 0 Å². The second-order valence-corrected chi connectivity index (χ2v) is 15.4. The van der Waals surface area contributed by atoms with E-state index >= 15 is 0 Å². The maximum atomic E-state index is 14.5. The van der Waals surface area contributed by atoms with Crippen LogP contribution in [0.15, 0.2) is 23.3 Å². The summed E-state index contributed by atoms with van der Waals surface area (Å²) >= 11 is 0. The fraction of sp³-hybridized carbons (Fsp3) is 0.735. The quantitative estimate of drug-likeness (QED) is 0.392. The molecule has 0 aromatic carbocycles. The topological polar surface area (TPSA) is 111 Å². The van der Waals surface area contributed by atoms with Gasteiger partial charge in [0.1, 0.15) is 12.7 Å². The summed E-state index contributed by atoms with van der Waals surface area (Å²) in [5.41, 5.74) is -2.23. The summed E-state index contributed by atoms with van der Waals surface area (Å²) < 4.78 is 10.8. The van der Waals surface area contributed by atoms with E-state index in [0.717, 1.165) is 37.7 Å². The highest BCUT2D eigenvalue weighted by Crippen LogP contribution is 2.74. The molecule has 0 heterocycles. The summed E-state index contributed by atoms with van der Waals surface area (Å²) in [5, 5.41) is 10.0. The summed E-state index contributed by atoms with van der Waals surface area (Å²) in [5.74, 6) is -1.58. The van der Waals surface area contributed by atoms with Crippen LogP contribution in [0.4, 0.5) is 0 Å². The average Bonchev–Trinajstić information content (AvgIpc) is 2.90. The first-order chi connectivity index (χ1) is 19.0. The van der Waals surface area contributed by atoms with E-state index in [-0.39, 0.29) is 58.3 Å². The van der Waals surface area contributed by atoms with E-state index in [0.29, 0.717) is 12.8 Å². The largest absolute Gasteiger partial charge is 0.469 e. The fourth-order valence-corrected chi connectivity index (χ4v) is 10.4. The fourth-order valence-electron chi connectivity index (χ4n) is 10.4. The molecule has 0 aliphatic heterocycles. The van der Waals surface area contributed by atoms with Gasteiger partial charge in [0.2, 0.25) is 0 Å². The van der Waals surface area contributed by atoms with E-state index in [4.69, 9.17) is 9.47 Å². The van der Waals surface area contributed by atoms with Crippen LogP contribution in [-0.2, 0) is 28.7 Å². The van der Waals surface area contributed by atoms with E-state index in [2.05, 4.69) is 40.7 Å². The molecule has 41 heavy (non-hydrogen) atoms. The van der Waals surface area contributed by atoms with Crippen molar-refractivity contribution in [2.24, 2.45) is 50.2 Å². The van der Waals surface area contributed by atoms with Gasteiger partial charge in [-0.15, -0.1) is 0 Å². The predicted molar refractivity (Wildman–Crippen MR) is 152 cm³/mol. The van der Waals surface area contributed by atoms with Crippen LogP contribution in [0.25, 0.3) is 0 Å². The van der Waals surface area contributed by atoms with E-state index in [1.807, 2.05) is 6.08 Å². The second kappa shape index (κ2) is 9.12. The lowest BCUT2D eigenvalue weighted by Crippen LogP contribution is -2.66. The lowest BCUT2D eigenvalue weighted by molar-refractivity contribution is -0.191. The molecule has 5 aliphatic rings. The molecule has 7 heteroatoms. The number of Topliss-reactive ketones (excluding diaryl/α,β-unsaturated/α-hetero) is 1. The highest BCUT2D eigenvalue weighted by Gasteiger charge is 2.71. The Morgan fingerprint density at radius 2 is 1.68 bits per heavy atom. The van der Waals surface area contributed by atoms with Crippen LogP contribution in [-0.4, -0.2) is 37.2 Å². The van der Waals surface area contributed by atoms with Gasteiger partial charge in [-0.3, -0.25) is 19.2 Å². The van der Waals surface area contributed by atoms with Gasteiger partial charge in [-0.2, -0.15) is 5.26 Å². The maximum absolute atomic E-state index is 14.5. The molecular formula is C34H45NO6. The smallest absolute Gasteiger partial charge is 0.312 e. The number of esters is 2. The Bertz CT molecular complexity index is 1330. The molecule has 5 rings (SSSR count). The zero-order valence-electron chi connectivity index (χ0n) is 25.9. The molecule has 7 nitrogen and oxygen atoms in total. The molecule has 3 fully saturated rings. The molecular weight excluding hydrogens is 518 g/mol. The van der Waals surface area contributed by atoms with Crippen LogP contribution in [0.2, 0.25) is 0 Å². The van der Waals surface area contributed by atoms with Crippen molar-refractivity contribution >= 4 is 23.5 Å². The average molecular weight is 564 g/mol. The normalized spacial score (nSPS) is 44.5. The molecule has 222 valence electrons. The first-order valence-electron chi connectivity index (χ1n) is 15.1. The lowest BCUT2D eigenvalue weighted by Gasteiger charge is -2.68. The van der Waals surface area contributed by atoms with E-state index in [9.17, 15) is 24.4 Å². The number of ketones is 2. The van der Waals surface area contributed by atoms with Crippen molar-refractivity contribution in [3.05, 3.63) is 23.3 Å². The number of nitriles is 1. The molecule has 0 aromatic rings. The minimum absolute atomic E-state index is 0.0158. The molecule has 3 saturated carbocycles. The Morgan fingerprint density at radius 3 is 2.29 bits per heavy atom. The number of hydrogen-bond acceptors (Lipinski definition) is 7. The molecule has 0 spiro atoms. The SMILES string of the molecule is COC(=O)[C@]12CCC(C)(C)CC1C1C(=O)C=C3[C@@]4(C)C=C(C#N)C(=O)[C@@](C)(COC(C)=O)C4CC[C@@]3(C)[C@]1(C)CC2. The monoisotopic (exact) mass is 563 g/mol.